The molecule has 1 aliphatic rings. The van der Waals surface area contributed by atoms with Crippen molar-refractivity contribution in [1.82, 2.24) is 5.06 Å². The number of carbonyl (C=O) groups is 3. The van der Waals surface area contributed by atoms with E-state index in [9.17, 15) is 24.5 Å². The summed E-state index contributed by atoms with van der Waals surface area (Å²) in [5.74, 6) is -1.11. The Bertz CT molecular complexity index is 865. The number of amides is 2. The van der Waals surface area contributed by atoms with E-state index >= 15 is 0 Å². The first-order chi connectivity index (χ1) is 14.3. The third-order valence-corrected chi connectivity index (χ3v) is 3.89. The van der Waals surface area contributed by atoms with Crippen LogP contribution < -0.4 is 9.47 Å². The van der Waals surface area contributed by atoms with Crippen LogP contribution in [0, 0.1) is 10.1 Å². The van der Waals surface area contributed by atoms with Crippen LogP contribution in [0.2, 0.25) is 0 Å². The number of ether oxygens (including phenoxy) is 3. The lowest BCUT2D eigenvalue weighted by Gasteiger charge is -2.18. The van der Waals surface area contributed by atoms with Gasteiger partial charge in [0, 0.05) is 12.8 Å². The van der Waals surface area contributed by atoms with Crippen LogP contribution in [0.1, 0.15) is 31.4 Å². The molecule has 1 aromatic carbocycles. The molecule has 0 saturated carbocycles. The quantitative estimate of drug-likeness (QED) is 0.184. The highest BCUT2D eigenvalue weighted by molar-refractivity contribution is 6.01. The third-order valence-electron chi connectivity index (χ3n) is 3.89. The van der Waals surface area contributed by atoms with Gasteiger partial charge >= 0.3 is 6.16 Å². The van der Waals surface area contributed by atoms with Gasteiger partial charge in [-0.15, -0.1) is 0 Å². The molecule has 1 saturated heterocycles. The van der Waals surface area contributed by atoms with Gasteiger partial charge in [-0.3, -0.25) is 24.5 Å². The van der Waals surface area contributed by atoms with Gasteiger partial charge in [-0.1, -0.05) is 30.4 Å². The van der Waals surface area contributed by atoms with Gasteiger partial charge in [0.15, 0.2) is 11.5 Å². The number of carbonyl (C=O) groups excluding carboxylic acids is 3. The first kappa shape index (κ1) is 22.4. The van der Waals surface area contributed by atoms with E-state index in [1.165, 1.54) is 25.1 Å². The fraction of sp³-hybridized carbons (Fsp3) is 0.316. The molecule has 2 rings (SSSR count). The van der Waals surface area contributed by atoms with Crippen molar-refractivity contribution in [2.24, 2.45) is 0 Å². The van der Waals surface area contributed by atoms with E-state index in [2.05, 4.69) is 18.0 Å². The fourth-order valence-corrected chi connectivity index (χ4v) is 2.53. The molecule has 0 aliphatic carbocycles. The van der Waals surface area contributed by atoms with Crippen LogP contribution in [0.5, 0.6) is 11.5 Å². The van der Waals surface area contributed by atoms with Crippen molar-refractivity contribution in [2.75, 3.05) is 13.2 Å². The summed E-state index contributed by atoms with van der Waals surface area (Å²) in [6.07, 6.45) is 0.234. The van der Waals surface area contributed by atoms with Crippen LogP contribution in [0.25, 0.3) is 0 Å². The molecule has 160 valence electrons. The summed E-state index contributed by atoms with van der Waals surface area (Å²) in [6, 6.07) is 2.43. The highest BCUT2D eigenvalue weighted by Crippen LogP contribution is 2.39. The third kappa shape index (κ3) is 5.34. The van der Waals surface area contributed by atoms with Gasteiger partial charge < -0.3 is 14.2 Å². The lowest BCUT2D eigenvalue weighted by molar-refractivity contribution is -0.386. The molecule has 0 aromatic heterocycles. The monoisotopic (exact) mass is 420 g/mol. The molecule has 1 fully saturated rings. The molecule has 0 bridgehead atoms. The molecule has 1 aromatic rings. The van der Waals surface area contributed by atoms with E-state index in [-0.39, 0.29) is 43.1 Å². The number of hydrogen-bond donors (Lipinski definition) is 0. The number of imide groups is 1. The van der Waals surface area contributed by atoms with Crippen LogP contribution in [0.3, 0.4) is 0 Å². The molecule has 1 unspecified atom stereocenters. The van der Waals surface area contributed by atoms with Crippen molar-refractivity contribution in [3.8, 4) is 11.5 Å². The second-order valence-electron chi connectivity index (χ2n) is 6.00. The van der Waals surface area contributed by atoms with Gasteiger partial charge in [-0.05, 0) is 13.0 Å². The predicted octanol–water partition coefficient (Wildman–Crippen LogP) is 3.00. The van der Waals surface area contributed by atoms with Gasteiger partial charge in [-0.25, -0.2) is 4.79 Å². The number of hydrogen-bond acceptors (Lipinski definition) is 9. The zero-order valence-electron chi connectivity index (χ0n) is 16.2. The number of nitro groups is 1. The Morgan fingerprint density at radius 2 is 1.70 bits per heavy atom. The molecule has 11 heteroatoms. The smallest absolute Gasteiger partial charge is 0.486 e. The van der Waals surface area contributed by atoms with Gasteiger partial charge in [0.1, 0.15) is 19.3 Å². The van der Waals surface area contributed by atoms with Crippen molar-refractivity contribution >= 4 is 23.7 Å². The standard InChI is InChI=1S/C19H20N2O9/c1-4-8-27-15-10-13(14(21(25)26)11-16(15)28-9-5-2)12(3)29-19(24)30-20-17(22)6-7-18(20)23/h4-5,10-12H,1-2,6-9H2,3H3. The second kappa shape index (κ2) is 10.0. The maximum Gasteiger partial charge on any atom is 0.534 e. The number of benzene rings is 1. The van der Waals surface area contributed by atoms with Crippen molar-refractivity contribution in [1.29, 1.82) is 0 Å². The highest BCUT2D eigenvalue weighted by Gasteiger charge is 2.34. The van der Waals surface area contributed by atoms with E-state index < -0.39 is 34.7 Å². The minimum absolute atomic E-state index is 0.0129. The van der Waals surface area contributed by atoms with E-state index in [0.29, 0.717) is 5.06 Å². The molecule has 1 atom stereocenters. The molecule has 1 heterocycles. The second-order valence-corrected chi connectivity index (χ2v) is 6.00. The first-order valence-corrected chi connectivity index (χ1v) is 8.82. The molecule has 2 amide bonds. The Labute approximate surface area is 171 Å². The van der Waals surface area contributed by atoms with Crippen LogP contribution in [0.4, 0.5) is 10.5 Å². The molecule has 11 nitrogen and oxygen atoms in total. The summed E-state index contributed by atoms with van der Waals surface area (Å²) in [5.41, 5.74) is -0.408. The largest absolute Gasteiger partial charge is 0.534 e. The van der Waals surface area contributed by atoms with Crippen molar-refractivity contribution in [2.45, 2.75) is 25.9 Å². The first-order valence-electron chi connectivity index (χ1n) is 8.82. The van der Waals surface area contributed by atoms with E-state index in [1.54, 1.807) is 0 Å². The number of rotatable bonds is 10. The molecule has 0 spiro atoms. The predicted molar refractivity (Wildman–Crippen MR) is 102 cm³/mol. The maximum atomic E-state index is 12.0. The summed E-state index contributed by atoms with van der Waals surface area (Å²) in [6.45, 7) is 8.59. The highest BCUT2D eigenvalue weighted by atomic mass is 16.8. The Balaban J connectivity index is 2.27. The minimum atomic E-state index is -1.36. The van der Waals surface area contributed by atoms with Gasteiger partial charge in [0.25, 0.3) is 17.5 Å². The lowest BCUT2D eigenvalue weighted by Crippen LogP contribution is -2.32. The SMILES string of the molecule is C=CCOc1cc(C(C)OC(=O)ON2C(=O)CCC2=O)c([N+](=O)[O-])cc1OCC=C. The van der Waals surface area contributed by atoms with Crippen LogP contribution in [-0.2, 0) is 19.2 Å². The fourth-order valence-electron chi connectivity index (χ4n) is 2.53. The van der Waals surface area contributed by atoms with E-state index in [1.807, 2.05) is 0 Å². The summed E-state index contributed by atoms with van der Waals surface area (Å²) in [4.78, 5) is 50.5. The zero-order valence-corrected chi connectivity index (χ0v) is 16.2. The topological polar surface area (TPSA) is 135 Å². The minimum Gasteiger partial charge on any atom is -0.486 e. The molecule has 0 N–H and O–H groups in total. The Kier molecular flexibility index (Phi) is 7.50. The van der Waals surface area contributed by atoms with Crippen molar-refractivity contribution < 1.29 is 38.4 Å². The zero-order chi connectivity index (χ0) is 22.3. The number of nitrogens with zero attached hydrogens (tertiary/aromatic N) is 2. The molecule has 30 heavy (non-hydrogen) atoms. The lowest BCUT2D eigenvalue weighted by atomic mass is 10.1. The molecular formula is C19H20N2O9. The summed E-state index contributed by atoms with van der Waals surface area (Å²) >= 11 is 0. The Morgan fingerprint density at radius 3 is 2.20 bits per heavy atom. The van der Waals surface area contributed by atoms with Crippen LogP contribution in [0.15, 0.2) is 37.4 Å². The van der Waals surface area contributed by atoms with Gasteiger partial charge in [-0.2, -0.15) is 0 Å². The van der Waals surface area contributed by atoms with E-state index in [4.69, 9.17) is 14.2 Å². The summed E-state index contributed by atoms with van der Waals surface area (Å²) in [5, 5.41) is 11.8. The van der Waals surface area contributed by atoms with E-state index in [0.717, 1.165) is 6.07 Å². The average molecular weight is 420 g/mol. The molecular weight excluding hydrogens is 400 g/mol. The normalized spacial score (nSPS) is 14.1. The Morgan fingerprint density at radius 1 is 1.17 bits per heavy atom. The summed E-state index contributed by atoms with van der Waals surface area (Å²) < 4.78 is 15.9. The molecule has 0 radical (unpaired) electrons. The van der Waals surface area contributed by atoms with Crippen LogP contribution >= 0.6 is 0 Å². The number of hydroxylamine groups is 2. The van der Waals surface area contributed by atoms with Crippen molar-refractivity contribution in [3.63, 3.8) is 0 Å². The van der Waals surface area contributed by atoms with Crippen LogP contribution in [-0.4, -0.2) is 41.2 Å². The number of nitro benzene ring substituents is 1. The summed E-state index contributed by atoms with van der Waals surface area (Å²) in [7, 11) is 0. The Hall–Kier alpha value is -3.89. The molecule has 1 aliphatic heterocycles. The van der Waals surface area contributed by atoms with Gasteiger partial charge in [0.05, 0.1) is 16.6 Å². The average Bonchev–Trinajstić information content (AvgIpc) is 3.02. The van der Waals surface area contributed by atoms with Crippen molar-refractivity contribution in [3.05, 3.63) is 53.1 Å². The van der Waals surface area contributed by atoms with Gasteiger partial charge in [0.2, 0.25) is 0 Å². The maximum absolute atomic E-state index is 12.0.